The molecule has 21 heavy (non-hydrogen) atoms. The monoisotopic (exact) mass is 286 g/mol. The van der Waals surface area contributed by atoms with Crippen molar-refractivity contribution in [1.82, 2.24) is 10.3 Å². The van der Waals surface area contributed by atoms with E-state index in [1.165, 1.54) is 0 Å². The molecule has 1 aromatic heterocycles. The molecular weight excluding hydrogens is 264 g/mol. The summed E-state index contributed by atoms with van der Waals surface area (Å²) in [6.45, 7) is 7.64. The topological polar surface area (TPSA) is 43.4 Å². The van der Waals surface area contributed by atoms with E-state index in [1.807, 2.05) is 43.3 Å². The highest BCUT2D eigenvalue weighted by Gasteiger charge is 2.03. The molecule has 0 radical (unpaired) electrons. The van der Waals surface area contributed by atoms with Crippen LogP contribution >= 0.6 is 0 Å². The summed E-state index contributed by atoms with van der Waals surface area (Å²) < 4.78 is 11.3. The SMILES string of the molecule is CCOc1cccc(Oc2cc(CNC(C)C)ccn2)c1. The van der Waals surface area contributed by atoms with Crippen molar-refractivity contribution in [1.29, 1.82) is 0 Å². The molecule has 0 fully saturated rings. The summed E-state index contributed by atoms with van der Waals surface area (Å²) in [5, 5.41) is 3.38. The number of ether oxygens (including phenoxy) is 2. The fourth-order valence-electron chi connectivity index (χ4n) is 1.85. The minimum absolute atomic E-state index is 0.449. The van der Waals surface area contributed by atoms with Gasteiger partial charge in [0.2, 0.25) is 5.88 Å². The molecule has 0 aliphatic rings. The Labute approximate surface area is 126 Å². The minimum Gasteiger partial charge on any atom is -0.494 e. The van der Waals surface area contributed by atoms with Crippen LogP contribution in [0.4, 0.5) is 0 Å². The van der Waals surface area contributed by atoms with E-state index >= 15 is 0 Å². The molecule has 0 saturated carbocycles. The lowest BCUT2D eigenvalue weighted by molar-refractivity contribution is 0.338. The van der Waals surface area contributed by atoms with Gasteiger partial charge < -0.3 is 14.8 Å². The van der Waals surface area contributed by atoms with Gasteiger partial charge in [0.25, 0.3) is 0 Å². The van der Waals surface area contributed by atoms with E-state index in [0.29, 0.717) is 18.5 Å². The Morgan fingerprint density at radius 1 is 1.14 bits per heavy atom. The highest BCUT2D eigenvalue weighted by molar-refractivity contribution is 5.35. The first-order chi connectivity index (χ1) is 10.2. The van der Waals surface area contributed by atoms with E-state index in [1.54, 1.807) is 6.20 Å². The van der Waals surface area contributed by atoms with Gasteiger partial charge >= 0.3 is 0 Å². The van der Waals surface area contributed by atoms with Gasteiger partial charge in [0.05, 0.1) is 6.61 Å². The molecule has 4 heteroatoms. The Bertz CT molecular complexity index is 570. The van der Waals surface area contributed by atoms with E-state index in [0.717, 1.165) is 23.6 Å². The molecule has 0 aliphatic carbocycles. The van der Waals surface area contributed by atoms with Crippen molar-refractivity contribution in [3.8, 4) is 17.4 Å². The predicted octanol–water partition coefficient (Wildman–Crippen LogP) is 3.77. The zero-order chi connectivity index (χ0) is 15.1. The number of benzene rings is 1. The molecule has 4 nitrogen and oxygen atoms in total. The Morgan fingerprint density at radius 2 is 1.95 bits per heavy atom. The van der Waals surface area contributed by atoms with Crippen molar-refractivity contribution in [2.24, 2.45) is 0 Å². The maximum Gasteiger partial charge on any atom is 0.219 e. The van der Waals surface area contributed by atoms with Crippen LogP contribution < -0.4 is 14.8 Å². The zero-order valence-corrected chi connectivity index (χ0v) is 12.8. The molecular formula is C17H22N2O2. The van der Waals surface area contributed by atoms with Crippen LogP contribution in [0, 0.1) is 0 Å². The quantitative estimate of drug-likeness (QED) is 0.841. The smallest absolute Gasteiger partial charge is 0.219 e. The normalized spacial score (nSPS) is 10.7. The molecule has 0 aliphatic heterocycles. The zero-order valence-electron chi connectivity index (χ0n) is 12.8. The first-order valence-corrected chi connectivity index (χ1v) is 7.26. The average molecular weight is 286 g/mol. The highest BCUT2D eigenvalue weighted by atomic mass is 16.5. The summed E-state index contributed by atoms with van der Waals surface area (Å²) in [6, 6.07) is 12.0. The minimum atomic E-state index is 0.449. The third-order valence-corrected chi connectivity index (χ3v) is 2.85. The van der Waals surface area contributed by atoms with Crippen LogP contribution in [-0.2, 0) is 6.54 Å². The Hall–Kier alpha value is -2.07. The summed E-state index contributed by atoms with van der Waals surface area (Å²) in [4.78, 5) is 4.25. The van der Waals surface area contributed by atoms with Gasteiger partial charge in [0.15, 0.2) is 0 Å². The van der Waals surface area contributed by atoms with Gasteiger partial charge in [-0.15, -0.1) is 0 Å². The van der Waals surface area contributed by atoms with Crippen LogP contribution in [0.3, 0.4) is 0 Å². The van der Waals surface area contributed by atoms with Gasteiger partial charge in [-0.05, 0) is 30.7 Å². The third kappa shape index (κ3) is 5.08. The fraction of sp³-hybridized carbons (Fsp3) is 0.353. The number of nitrogens with one attached hydrogen (secondary N) is 1. The first-order valence-electron chi connectivity index (χ1n) is 7.26. The lowest BCUT2D eigenvalue weighted by Crippen LogP contribution is -2.21. The van der Waals surface area contributed by atoms with Crippen LogP contribution in [0.2, 0.25) is 0 Å². The predicted molar refractivity (Wildman–Crippen MR) is 83.9 cm³/mol. The molecule has 0 atom stereocenters. The fourth-order valence-corrected chi connectivity index (χ4v) is 1.85. The van der Waals surface area contributed by atoms with Crippen molar-refractivity contribution in [2.45, 2.75) is 33.4 Å². The Balaban J connectivity index is 2.05. The van der Waals surface area contributed by atoms with Crippen molar-refractivity contribution in [2.75, 3.05) is 6.61 Å². The molecule has 0 spiro atoms. The molecule has 1 heterocycles. The number of aromatic nitrogens is 1. The number of hydrogen-bond donors (Lipinski definition) is 1. The second-order valence-corrected chi connectivity index (χ2v) is 5.05. The summed E-state index contributed by atoms with van der Waals surface area (Å²) in [7, 11) is 0. The van der Waals surface area contributed by atoms with Crippen molar-refractivity contribution in [3.05, 3.63) is 48.2 Å². The van der Waals surface area contributed by atoms with Crippen molar-refractivity contribution in [3.63, 3.8) is 0 Å². The maximum atomic E-state index is 5.79. The number of pyridine rings is 1. The molecule has 2 aromatic rings. The molecule has 0 saturated heterocycles. The second-order valence-electron chi connectivity index (χ2n) is 5.05. The second kappa shape index (κ2) is 7.64. The molecule has 112 valence electrons. The summed E-state index contributed by atoms with van der Waals surface area (Å²) in [5.74, 6) is 2.11. The highest BCUT2D eigenvalue weighted by Crippen LogP contribution is 2.24. The van der Waals surface area contributed by atoms with E-state index in [-0.39, 0.29) is 0 Å². The molecule has 1 N–H and O–H groups in total. The Kier molecular flexibility index (Phi) is 5.58. The van der Waals surface area contributed by atoms with Crippen LogP contribution in [0.25, 0.3) is 0 Å². The van der Waals surface area contributed by atoms with E-state index < -0.39 is 0 Å². The van der Waals surface area contributed by atoms with Gasteiger partial charge in [-0.25, -0.2) is 4.98 Å². The van der Waals surface area contributed by atoms with Crippen molar-refractivity contribution >= 4 is 0 Å². The lowest BCUT2D eigenvalue weighted by Gasteiger charge is -2.10. The van der Waals surface area contributed by atoms with Crippen LogP contribution in [0.5, 0.6) is 17.4 Å². The number of hydrogen-bond acceptors (Lipinski definition) is 4. The molecule has 1 aromatic carbocycles. The summed E-state index contributed by atoms with van der Waals surface area (Å²) in [5.41, 5.74) is 1.15. The standard InChI is InChI=1S/C17H22N2O2/c1-4-20-15-6-5-7-16(11-15)21-17-10-14(8-9-18-17)12-19-13(2)3/h5-11,13,19H,4,12H2,1-3H3. The van der Waals surface area contributed by atoms with Gasteiger partial charge in [0, 0.05) is 30.9 Å². The molecule has 0 unspecified atom stereocenters. The number of rotatable bonds is 7. The van der Waals surface area contributed by atoms with E-state index in [2.05, 4.69) is 24.1 Å². The molecule has 2 rings (SSSR count). The Morgan fingerprint density at radius 3 is 2.71 bits per heavy atom. The van der Waals surface area contributed by atoms with E-state index in [9.17, 15) is 0 Å². The lowest BCUT2D eigenvalue weighted by atomic mass is 10.2. The molecule has 0 bridgehead atoms. The van der Waals surface area contributed by atoms with Gasteiger partial charge in [-0.2, -0.15) is 0 Å². The van der Waals surface area contributed by atoms with Gasteiger partial charge in [0.1, 0.15) is 11.5 Å². The van der Waals surface area contributed by atoms with Crippen LogP contribution in [-0.4, -0.2) is 17.6 Å². The summed E-state index contributed by atoms with van der Waals surface area (Å²) >= 11 is 0. The van der Waals surface area contributed by atoms with Crippen LogP contribution in [0.1, 0.15) is 26.3 Å². The first kappa shape index (κ1) is 15.3. The average Bonchev–Trinajstić information content (AvgIpc) is 2.46. The number of nitrogens with zero attached hydrogens (tertiary/aromatic N) is 1. The van der Waals surface area contributed by atoms with Gasteiger partial charge in [-0.1, -0.05) is 19.9 Å². The van der Waals surface area contributed by atoms with E-state index in [4.69, 9.17) is 9.47 Å². The maximum absolute atomic E-state index is 5.79. The third-order valence-electron chi connectivity index (χ3n) is 2.85. The van der Waals surface area contributed by atoms with Gasteiger partial charge in [-0.3, -0.25) is 0 Å². The largest absolute Gasteiger partial charge is 0.494 e. The van der Waals surface area contributed by atoms with Crippen LogP contribution in [0.15, 0.2) is 42.6 Å². The van der Waals surface area contributed by atoms with Crippen molar-refractivity contribution < 1.29 is 9.47 Å². The molecule has 0 amide bonds. The summed E-state index contributed by atoms with van der Waals surface area (Å²) in [6.07, 6.45) is 1.76.